The smallest absolute Gasteiger partial charge is 0.329 e. The Morgan fingerprint density at radius 2 is 1.48 bits per heavy atom. The van der Waals surface area contributed by atoms with E-state index < -0.39 is 47.9 Å². The van der Waals surface area contributed by atoms with Crippen molar-refractivity contribution in [2.45, 2.75) is 38.9 Å². The SMILES string of the molecule is CCOc1ccc([C@@H](C(=O)N(C(=O)NC(C)c2ccccc2)c2ccc(C#Cc3ccc(OC)cc3)cc2)N2CCOC(=O)C2[C@@H](C)C(=O)O)cc1. The van der Waals surface area contributed by atoms with Crippen molar-refractivity contribution in [2.75, 3.05) is 31.8 Å². The van der Waals surface area contributed by atoms with Crippen LogP contribution in [-0.2, 0) is 19.1 Å². The van der Waals surface area contributed by atoms with E-state index in [1.165, 1.54) is 11.8 Å². The summed E-state index contributed by atoms with van der Waals surface area (Å²) in [5, 5.41) is 12.9. The van der Waals surface area contributed by atoms with Crippen LogP contribution in [0.2, 0.25) is 0 Å². The normalized spacial score (nSPS) is 15.8. The van der Waals surface area contributed by atoms with Crippen molar-refractivity contribution in [1.82, 2.24) is 10.2 Å². The largest absolute Gasteiger partial charge is 0.497 e. The third-order valence-electron chi connectivity index (χ3n) is 8.76. The van der Waals surface area contributed by atoms with Gasteiger partial charge >= 0.3 is 18.0 Å². The Morgan fingerprint density at radius 3 is 2.06 bits per heavy atom. The van der Waals surface area contributed by atoms with E-state index in [1.54, 1.807) is 55.6 Å². The van der Waals surface area contributed by atoms with Gasteiger partial charge in [-0.3, -0.25) is 19.3 Å². The number of anilines is 1. The first-order chi connectivity index (χ1) is 25.1. The first-order valence-electron chi connectivity index (χ1n) is 16.9. The van der Waals surface area contributed by atoms with Gasteiger partial charge < -0.3 is 24.6 Å². The highest BCUT2D eigenvalue weighted by molar-refractivity contribution is 6.16. The van der Waals surface area contributed by atoms with Gasteiger partial charge in [-0.2, -0.15) is 0 Å². The second kappa shape index (κ2) is 17.2. The topological polar surface area (TPSA) is 135 Å². The van der Waals surface area contributed by atoms with Crippen LogP contribution in [0.3, 0.4) is 0 Å². The number of morpholine rings is 1. The standard InChI is InChI=1S/C41H41N3O8/c1-5-51-35-23-17-32(18-24-35)37(43-25-26-52-40(48)36(43)27(2)39(46)47)38(45)44(41(49)42-28(3)31-9-7-6-8-10-31)33-19-13-29(14-20-33)11-12-30-15-21-34(50-4)22-16-30/h6-10,13-24,27-28,36-37H,5,25-26H2,1-4H3,(H,42,49)(H,46,47)/t27-,28?,36?,37+/m1/s1. The van der Waals surface area contributed by atoms with Crippen molar-refractivity contribution >= 4 is 29.6 Å². The number of hydrogen-bond acceptors (Lipinski definition) is 8. The maximum absolute atomic E-state index is 15.1. The molecule has 2 unspecified atom stereocenters. The van der Waals surface area contributed by atoms with Gasteiger partial charge in [0.05, 0.1) is 31.4 Å². The van der Waals surface area contributed by atoms with E-state index in [2.05, 4.69) is 17.2 Å². The van der Waals surface area contributed by atoms with Gasteiger partial charge in [0.15, 0.2) is 0 Å². The summed E-state index contributed by atoms with van der Waals surface area (Å²) in [4.78, 5) is 57.3. The molecule has 4 aromatic rings. The van der Waals surface area contributed by atoms with Crippen LogP contribution in [0.1, 0.15) is 55.1 Å². The number of nitrogens with one attached hydrogen (secondary N) is 1. The van der Waals surface area contributed by atoms with E-state index in [1.807, 2.05) is 68.4 Å². The zero-order valence-electron chi connectivity index (χ0n) is 29.4. The van der Waals surface area contributed by atoms with E-state index in [0.717, 1.165) is 16.0 Å². The number of amides is 3. The Morgan fingerprint density at radius 1 is 0.885 bits per heavy atom. The molecule has 2 N–H and O–H groups in total. The number of methoxy groups -OCH3 is 1. The Hall–Kier alpha value is -6.12. The number of hydrogen-bond donors (Lipinski definition) is 2. The second-order valence-corrected chi connectivity index (χ2v) is 12.2. The molecule has 0 aliphatic carbocycles. The number of esters is 1. The lowest BCUT2D eigenvalue weighted by Gasteiger charge is -2.41. The highest BCUT2D eigenvalue weighted by Crippen LogP contribution is 2.33. The van der Waals surface area contributed by atoms with Crippen LogP contribution >= 0.6 is 0 Å². The number of carboxylic acid groups (broad SMARTS) is 1. The number of cyclic esters (lactones) is 1. The lowest BCUT2D eigenvalue weighted by Crippen LogP contribution is -2.59. The van der Waals surface area contributed by atoms with Gasteiger partial charge in [-0.15, -0.1) is 0 Å². The number of carboxylic acids is 1. The van der Waals surface area contributed by atoms with Gasteiger partial charge in [-0.1, -0.05) is 54.3 Å². The minimum absolute atomic E-state index is 0.0490. The van der Waals surface area contributed by atoms with Crippen molar-refractivity contribution in [2.24, 2.45) is 5.92 Å². The first-order valence-corrected chi connectivity index (χ1v) is 16.9. The Bertz CT molecular complexity index is 1920. The number of carbonyl (C=O) groups is 4. The van der Waals surface area contributed by atoms with Crippen LogP contribution in [0.15, 0.2) is 103 Å². The van der Waals surface area contributed by atoms with Gasteiger partial charge in [0.2, 0.25) is 0 Å². The number of ether oxygens (including phenoxy) is 3. The van der Waals surface area contributed by atoms with E-state index in [-0.39, 0.29) is 18.8 Å². The molecule has 1 heterocycles. The highest BCUT2D eigenvalue weighted by Gasteiger charge is 2.46. The maximum atomic E-state index is 15.1. The number of imide groups is 1. The van der Waals surface area contributed by atoms with Crippen LogP contribution < -0.4 is 19.7 Å². The van der Waals surface area contributed by atoms with Gasteiger partial charge in [-0.25, -0.2) is 9.69 Å². The predicted molar refractivity (Wildman–Crippen MR) is 195 cm³/mol. The predicted octanol–water partition coefficient (Wildman–Crippen LogP) is 5.99. The fourth-order valence-corrected chi connectivity index (χ4v) is 5.97. The number of rotatable bonds is 11. The van der Waals surface area contributed by atoms with Gasteiger partial charge in [0, 0.05) is 17.7 Å². The van der Waals surface area contributed by atoms with Crippen molar-refractivity contribution in [1.29, 1.82) is 0 Å². The molecule has 1 fully saturated rings. The van der Waals surface area contributed by atoms with Crippen LogP contribution in [0.25, 0.3) is 0 Å². The fourth-order valence-electron chi connectivity index (χ4n) is 5.97. The molecule has 5 rings (SSSR count). The molecular weight excluding hydrogens is 662 g/mol. The molecule has 0 radical (unpaired) electrons. The average Bonchev–Trinajstić information content (AvgIpc) is 3.16. The van der Waals surface area contributed by atoms with Gasteiger partial charge in [-0.05, 0) is 92.6 Å². The zero-order chi connectivity index (χ0) is 37.2. The first kappa shape index (κ1) is 37.1. The van der Waals surface area contributed by atoms with Crippen LogP contribution in [0.5, 0.6) is 11.5 Å². The number of benzene rings is 4. The molecule has 268 valence electrons. The lowest BCUT2D eigenvalue weighted by atomic mass is 9.94. The minimum atomic E-state index is -1.31. The molecule has 11 heteroatoms. The highest BCUT2D eigenvalue weighted by atomic mass is 16.5. The van der Waals surface area contributed by atoms with E-state index in [9.17, 15) is 19.5 Å². The molecule has 3 amide bonds. The molecule has 0 spiro atoms. The average molecular weight is 704 g/mol. The minimum Gasteiger partial charge on any atom is -0.497 e. The quantitative estimate of drug-likeness (QED) is 0.143. The molecule has 1 aliphatic heterocycles. The third-order valence-corrected chi connectivity index (χ3v) is 8.76. The maximum Gasteiger partial charge on any atom is 0.329 e. The number of nitrogens with zero attached hydrogens (tertiary/aromatic N) is 2. The fraction of sp³-hybridized carbons (Fsp3) is 0.268. The molecular formula is C41H41N3O8. The third kappa shape index (κ3) is 8.78. The number of urea groups is 1. The molecule has 0 saturated carbocycles. The summed E-state index contributed by atoms with van der Waals surface area (Å²) in [5.74, 6) is 3.56. The van der Waals surface area contributed by atoms with E-state index in [0.29, 0.717) is 29.2 Å². The Kier molecular flexibility index (Phi) is 12.3. The van der Waals surface area contributed by atoms with E-state index >= 15 is 4.79 Å². The molecule has 4 aromatic carbocycles. The summed E-state index contributed by atoms with van der Waals surface area (Å²) < 4.78 is 16.1. The zero-order valence-corrected chi connectivity index (χ0v) is 29.4. The summed E-state index contributed by atoms with van der Waals surface area (Å²) in [6, 6.07) is 26.3. The molecule has 4 atom stereocenters. The number of aliphatic carboxylic acids is 1. The monoisotopic (exact) mass is 703 g/mol. The van der Waals surface area contributed by atoms with Crippen LogP contribution in [0.4, 0.5) is 10.5 Å². The van der Waals surface area contributed by atoms with Crippen molar-refractivity contribution < 1.29 is 38.5 Å². The molecule has 52 heavy (non-hydrogen) atoms. The Labute approximate surface area is 303 Å². The summed E-state index contributed by atoms with van der Waals surface area (Å²) in [5.41, 5.74) is 2.92. The summed E-state index contributed by atoms with van der Waals surface area (Å²) in [7, 11) is 1.59. The van der Waals surface area contributed by atoms with Crippen molar-refractivity contribution in [3.05, 3.63) is 125 Å². The van der Waals surface area contributed by atoms with Gasteiger partial charge in [0.25, 0.3) is 5.91 Å². The lowest BCUT2D eigenvalue weighted by molar-refractivity contribution is -0.169. The summed E-state index contributed by atoms with van der Waals surface area (Å²) in [6.45, 7) is 5.45. The van der Waals surface area contributed by atoms with Crippen molar-refractivity contribution in [3.8, 4) is 23.3 Å². The Balaban J connectivity index is 1.57. The van der Waals surface area contributed by atoms with Gasteiger partial charge in [0.1, 0.15) is 30.2 Å². The van der Waals surface area contributed by atoms with Crippen LogP contribution in [0, 0.1) is 17.8 Å². The molecule has 1 saturated heterocycles. The second-order valence-electron chi connectivity index (χ2n) is 12.2. The number of carbonyl (C=O) groups excluding carboxylic acids is 3. The summed E-state index contributed by atoms with van der Waals surface area (Å²) >= 11 is 0. The van der Waals surface area contributed by atoms with Crippen LogP contribution in [-0.4, -0.2) is 66.8 Å². The van der Waals surface area contributed by atoms with E-state index in [4.69, 9.17) is 14.2 Å². The molecule has 0 aromatic heterocycles. The summed E-state index contributed by atoms with van der Waals surface area (Å²) in [6.07, 6.45) is 0. The molecule has 0 bridgehead atoms. The van der Waals surface area contributed by atoms with Crippen molar-refractivity contribution in [3.63, 3.8) is 0 Å². The molecule has 11 nitrogen and oxygen atoms in total. The molecule has 1 aliphatic rings.